The third-order valence-electron chi connectivity index (χ3n) is 5.15. The molecule has 3 heterocycles. The average molecular weight is 452 g/mol. The molecule has 2 aliphatic rings. The molecule has 154 valence electrons. The molecular formula is C20H13ClF3N3O2S. The van der Waals surface area contributed by atoms with Crippen LogP contribution < -0.4 is 9.75 Å². The summed E-state index contributed by atoms with van der Waals surface area (Å²) >= 11 is 6.86. The summed E-state index contributed by atoms with van der Waals surface area (Å²) in [5.41, 5.74) is -1.57. The van der Waals surface area contributed by atoms with E-state index in [-0.39, 0.29) is 17.5 Å². The van der Waals surface area contributed by atoms with Crippen molar-refractivity contribution in [2.45, 2.75) is 11.9 Å². The fraction of sp³-hybridized carbons (Fsp3) is 0.200. The smallest absolute Gasteiger partial charge is 0.439 e. The van der Waals surface area contributed by atoms with Crippen LogP contribution in [0.3, 0.4) is 0 Å². The molecule has 2 atom stereocenters. The Morgan fingerprint density at radius 2 is 1.90 bits per heavy atom. The highest BCUT2D eigenvalue weighted by Crippen LogP contribution is 2.50. The van der Waals surface area contributed by atoms with Crippen LogP contribution in [0.2, 0.25) is 5.02 Å². The summed E-state index contributed by atoms with van der Waals surface area (Å²) in [5.74, 6) is -0.977. The van der Waals surface area contributed by atoms with Crippen LogP contribution in [0.5, 0.6) is 5.75 Å². The lowest BCUT2D eigenvalue weighted by atomic mass is 9.86. The molecule has 2 aromatic carbocycles. The van der Waals surface area contributed by atoms with Crippen LogP contribution in [0.15, 0.2) is 59.0 Å². The van der Waals surface area contributed by atoms with Crippen molar-refractivity contribution in [3.8, 4) is 17.0 Å². The van der Waals surface area contributed by atoms with E-state index in [1.165, 1.54) is 0 Å². The van der Waals surface area contributed by atoms with Gasteiger partial charge in [0.15, 0.2) is 0 Å². The lowest BCUT2D eigenvalue weighted by Crippen LogP contribution is -2.61. The van der Waals surface area contributed by atoms with E-state index < -0.39 is 17.8 Å². The van der Waals surface area contributed by atoms with Crippen molar-refractivity contribution in [3.63, 3.8) is 0 Å². The lowest BCUT2D eigenvalue weighted by Gasteiger charge is -2.38. The number of ether oxygens (including phenoxy) is 1. The van der Waals surface area contributed by atoms with Crippen LogP contribution >= 0.6 is 22.9 Å². The summed E-state index contributed by atoms with van der Waals surface area (Å²) in [5, 5.41) is 17.8. The van der Waals surface area contributed by atoms with Crippen LogP contribution in [0, 0.1) is 5.92 Å². The monoisotopic (exact) mass is 451 g/mol. The predicted octanol–water partition coefficient (Wildman–Crippen LogP) is 4.95. The van der Waals surface area contributed by atoms with Gasteiger partial charge in [0.1, 0.15) is 12.4 Å². The number of hydrogen-bond donors (Lipinski definition) is 1. The summed E-state index contributed by atoms with van der Waals surface area (Å²) < 4.78 is 47.9. The number of para-hydroxylation sites is 1. The number of aliphatic hydroxyl groups is 1. The first-order valence-electron chi connectivity index (χ1n) is 8.90. The molecule has 30 heavy (non-hydrogen) atoms. The van der Waals surface area contributed by atoms with Crippen LogP contribution in [0.4, 0.5) is 18.3 Å². The van der Waals surface area contributed by atoms with Crippen molar-refractivity contribution < 1.29 is 23.0 Å². The van der Waals surface area contributed by atoms with E-state index in [4.69, 9.17) is 16.3 Å². The SMILES string of the molecule is O[C@@]1(C(F)(F)F)[C@@H]2COc3ccccc3C2=NN1c1nc(-c2ccc(Cl)cc2)cs1. The number of halogens is 4. The van der Waals surface area contributed by atoms with Gasteiger partial charge in [0.25, 0.3) is 5.72 Å². The molecule has 0 radical (unpaired) electrons. The van der Waals surface area contributed by atoms with Gasteiger partial charge in [-0.2, -0.15) is 23.3 Å². The molecule has 0 fully saturated rings. The van der Waals surface area contributed by atoms with Crippen LogP contribution in [-0.2, 0) is 0 Å². The Bertz CT molecular complexity index is 1150. The maximum atomic E-state index is 14.1. The first-order valence-corrected chi connectivity index (χ1v) is 10.2. The highest BCUT2D eigenvalue weighted by atomic mass is 35.5. The van der Waals surface area contributed by atoms with Crippen molar-refractivity contribution in [1.82, 2.24) is 4.98 Å². The Morgan fingerprint density at radius 3 is 2.63 bits per heavy atom. The lowest BCUT2D eigenvalue weighted by molar-refractivity contribution is -0.270. The Balaban J connectivity index is 1.61. The maximum Gasteiger partial charge on any atom is 0.439 e. The number of fused-ring (bicyclic) bond motifs is 3. The third-order valence-corrected chi connectivity index (χ3v) is 6.21. The molecule has 0 spiro atoms. The average Bonchev–Trinajstić information content (AvgIpc) is 3.32. The van der Waals surface area contributed by atoms with Crippen molar-refractivity contribution in [2.75, 3.05) is 11.6 Å². The number of rotatable bonds is 2. The number of aromatic nitrogens is 1. The van der Waals surface area contributed by atoms with E-state index in [2.05, 4.69) is 10.1 Å². The fourth-order valence-electron chi connectivity index (χ4n) is 3.63. The summed E-state index contributed by atoms with van der Waals surface area (Å²) in [7, 11) is 0. The van der Waals surface area contributed by atoms with E-state index in [0.29, 0.717) is 32.6 Å². The first kappa shape index (κ1) is 19.3. The van der Waals surface area contributed by atoms with Crippen molar-refractivity contribution in [2.24, 2.45) is 11.0 Å². The summed E-state index contributed by atoms with van der Waals surface area (Å²) in [4.78, 5) is 4.31. The number of benzene rings is 2. The van der Waals surface area contributed by atoms with Crippen molar-refractivity contribution >= 4 is 33.8 Å². The normalized spacial score (nSPS) is 22.9. The van der Waals surface area contributed by atoms with Crippen LogP contribution in [0.25, 0.3) is 11.3 Å². The molecule has 1 N–H and O–H groups in total. The topological polar surface area (TPSA) is 58.0 Å². The molecule has 0 saturated heterocycles. The minimum absolute atomic E-state index is 0.0702. The summed E-state index contributed by atoms with van der Waals surface area (Å²) in [6, 6.07) is 13.5. The molecule has 3 aromatic rings. The Morgan fingerprint density at radius 1 is 1.17 bits per heavy atom. The fourth-order valence-corrected chi connectivity index (χ4v) is 4.59. The van der Waals surface area contributed by atoms with Gasteiger partial charge in [0.05, 0.1) is 17.3 Å². The first-order chi connectivity index (χ1) is 14.3. The van der Waals surface area contributed by atoms with E-state index in [1.54, 1.807) is 53.9 Å². The van der Waals surface area contributed by atoms with E-state index in [9.17, 15) is 18.3 Å². The zero-order valence-electron chi connectivity index (χ0n) is 15.1. The van der Waals surface area contributed by atoms with E-state index in [1.807, 2.05) is 0 Å². The highest BCUT2D eigenvalue weighted by Gasteiger charge is 2.69. The molecule has 10 heteroatoms. The van der Waals surface area contributed by atoms with Gasteiger partial charge in [-0.05, 0) is 24.3 Å². The van der Waals surface area contributed by atoms with Gasteiger partial charge in [-0.1, -0.05) is 35.9 Å². The number of alkyl halides is 3. The van der Waals surface area contributed by atoms with Gasteiger partial charge in [-0.15, -0.1) is 11.3 Å². The Labute approximate surface area is 178 Å². The van der Waals surface area contributed by atoms with Gasteiger partial charge < -0.3 is 9.84 Å². The van der Waals surface area contributed by atoms with Gasteiger partial charge >= 0.3 is 6.18 Å². The van der Waals surface area contributed by atoms with Crippen LogP contribution in [-0.4, -0.2) is 34.3 Å². The quantitative estimate of drug-likeness (QED) is 0.599. The second-order valence-electron chi connectivity index (χ2n) is 6.90. The molecule has 0 bridgehead atoms. The van der Waals surface area contributed by atoms with E-state index >= 15 is 0 Å². The molecule has 5 rings (SSSR count). The van der Waals surface area contributed by atoms with Gasteiger partial charge in [-0.3, -0.25) is 0 Å². The molecule has 0 unspecified atom stereocenters. The number of nitrogens with zero attached hydrogens (tertiary/aromatic N) is 3. The Hall–Kier alpha value is -2.62. The van der Waals surface area contributed by atoms with Crippen molar-refractivity contribution in [1.29, 1.82) is 0 Å². The predicted molar refractivity (Wildman–Crippen MR) is 108 cm³/mol. The molecular weight excluding hydrogens is 439 g/mol. The van der Waals surface area contributed by atoms with E-state index in [0.717, 1.165) is 11.3 Å². The maximum absolute atomic E-state index is 14.1. The van der Waals surface area contributed by atoms with Gasteiger partial charge in [0, 0.05) is 21.5 Å². The Kier molecular flexibility index (Phi) is 4.32. The van der Waals surface area contributed by atoms with Crippen molar-refractivity contribution in [3.05, 3.63) is 64.5 Å². The number of hydrazone groups is 1. The standard InChI is InChI=1S/C20H13ClF3N3O2S/c21-12-7-5-11(6-8-12)15-10-30-18(25-15)27-19(28,20(22,23)24)14-9-29-16-4-2-1-3-13(16)17(14)26-27/h1-8,10,14,28H,9H2/t14-,19-/m1/s1. The van der Waals surface area contributed by atoms with Crippen LogP contribution in [0.1, 0.15) is 5.56 Å². The molecule has 0 saturated carbocycles. The minimum atomic E-state index is -5.00. The van der Waals surface area contributed by atoms with Gasteiger partial charge in [-0.25, -0.2) is 4.98 Å². The molecule has 2 aliphatic heterocycles. The molecule has 5 nitrogen and oxygen atoms in total. The molecule has 0 amide bonds. The second kappa shape index (κ2) is 6.69. The number of hydrogen-bond acceptors (Lipinski definition) is 6. The molecule has 0 aliphatic carbocycles. The zero-order chi connectivity index (χ0) is 21.1. The number of anilines is 1. The number of thiazole rings is 1. The molecule has 1 aromatic heterocycles. The third kappa shape index (κ3) is 2.80. The largest absolute Gasteiger partial charge is 0.492 e. The summed E-state index contributed by atoms with van der Waals surface area (Å²) in [6.45, 7) is -0.349. The summed E-state index contributed by atoms with van der Waals surface area (Å²) in [6.07, 6.45) is -5.00. The highest BCUT2D eigenvalue weighted by molar-refractivity contribution is 7.14. The minimum Gasteiger partial charge on any atom is -0.492 e. The van der Waals surface area contributed by atoms with Gasteiger partial charge in [0.2, 0.25) is 5.13 Å². The second-order valence-corrected chi connectivity index (χ2v) is 8.18. The zero-order valence-corrected chi connectivity index (χ0v) is 16.7.